The maximum atomic E-state index is 13.9. The van der Waals surface area contributed by atoms with E-state index in [9.17, 15) is 19.2 Å². The molecule has 0 radical (unpaired) electrons. The number of likely N-dealkylation sites (tertiary alicyclic amines) is 2. The first-order valence-corrected chi connectivity index (χ1v) is 18.8. The van der Waals surface area contributed by atoms with Crippen LogP contribution < -0.4 is 0 Å². The summed E-state index contributed by atoms with van der Waals surface area (Å²) in [6.07, 6.45) is 4.13. The number of hydrogen-bond donors (Lipinski definition) is 0. The molecular weight excluding hydrogens is 691 g/mol. The van der Waals surface area contributed by atoms with Gasteiger partial charge in [-0.1, -0.05) is 72.8 Å². The Bertz CT molecular complexity index is 2460. The van der Waals surface area contributed by atoms with Crippen molar-refractivity contribution in [1.29, 1.82) is 0 Å². The molecule has 2 saturated heterocycles. The third-order valence-corrected chi connectivity index (χ3v) is 12.9. The monoisotopic (exact) mass is 719 g/mol. The minimum Gasteiger partial charge on any atom is -0.352 e. The lowest BCUT2D eigenvalue weighted by Gasteiger charge is -2.56. The van der Waals surface area contributed by atoms with Crippen molar-refractivity contribution in [2.45, 2.75) is 25.2 Å². The lowest BCUT2D eigenvalue weighted by atomic mass is 9.96. The van der Waals surface area contributed by atoms with Crippen LogP contribution in [0.15, 0.2) is 108 Å². The van der Waals surface area contributed by atoms with Gasteiger partial charge in [0.2, 0.25) is 23.1 Å². The van der Waals surface area contributed by atoms with Gasteiger partial charge in [0.05, 0.1) is 23.7 Å². The minimum absolute atomic E-state index is 0.154. The van der Waals surface area contributed by atoms with Crippen molar-refractivity contribution in [3.8, 4) is 21.1 Å². The molecule has 2 atom stereocenters. The van der Waals surface area contributed by atoms with E-state index < -0.39 is 0 Å². The molecule has 2 fully saturated rings. The van der Waals surface area contributed by atoms with Crippen molar-refractivity contribution in [1.82, 2.24) is 24.7 Å². The molecule has 4 aromatic carbocycles. The van der Waals surface area contributed by atoms with Crippen molar-refractivity contribution >= 4 is 67.4 Å². The topological polar surface area (TPSA) is 104 Å². The highest BCUT2D eigenvalue weighted by atomic mass is 32.1. The van der Waals surface area contributed by atoms with Crippen LogP contribution in [0.25, 0.3) is 42.7 Å². The third-order valence-electron chi connectivity index (χ3n) is 10.7. The lowest BCUT2D eigenvalue weighted by molar-refractivity contribution is -0.0902. The van der Waals surface area contributed by atoms with Crippen LogP contribution in [0.2, 0.25) is 0 Å². The summed E-state index contributed by atoms with van der Waals surface area (Å²) in [7, 11) is 1.98. The number of benzene rings is 4. The number of ketones is 4. The second kappa shape index (κ2) is 11.7. The van der Waals surface area contributed by atoms with E-state index in [0.29, 0.717) is 44.3 Å². The molecule has 0 spiro atoms. The van der Waals surface area contributed by atoms with E-state index >= 15 is 0 Å². The standard InChI is InChI=1S/C41H29N5O4S2/c1-44(32-14-16-45(32)28-20-30(47)34-38(36(28)49)51-40(42-34)26-12-10-22-6-2-4-8-24(22)18-26)33-15-17-46(33)29-21-31(48)35-39(37(29)50)52-41(43-35)27-13-11-23-7-3-5-9-25(23)19-27/h2-13,18-21,32-33H,14-17H2,1H3. The molecule has 11 heteroatoms. The van der Waals surface area contributed by atoms with Crippen molar-refractivity contribution < 1.29 is 19.2 Å². The number of allylic oxidation sites excluding steroid dienone is 4. The molecule has 2 aromatic heterocycles. The number of hydrogen-bond acceptors (Lipinski definition) is 11. The predicted octanol–water partition coefficient (Wildman–Crippen LogP) is 7.46. The van der Waals surface area contributed by atoms with Crippen LogP contribution in [0.3, 0.4) is 0 Å². The molecule has 6 aromatic rings. The van der Waals surface area contributed by atoms with E-state index in [4.69, 9.17) is 0 Å². The van der Waals surface area contributed by atoms with Crippen LogP contribution in [-0.2, 0) is 0 Å². The molecule has 2 aliphatic carbocycles. The second-order valence-electron chi connectivity index (χ2n) is 13.6. The van der Waals surface area contributed by atoms with E-state index in [2.05, 4.69) is 14.9 Å². The van der Waals surface area contributed by atoms with Gasteiger partial charge in [0.15, 0.2) is 0 Å². The van der Waals surface area contributed by atoms with Crippen LogP contribution in [0.1, 0.15) is 53.2 Å². The van der Waals surface area contributed by atoms with Gasteiger partial charge in [-0.05, 0) is 53.6 Å². The number of rotatable bonds is 6. The Hall–Kier alpha value is -5.62. The SMILES string of the molecule is CN(C1CCN1C1=CC(=O)c2nc(-c3ccc4ccccc4c3)sc2C1=O)C1CCN1C1=CC(=O)c2nc(-c3ccc4ccccc4c3)sc2C1=O. The van der Waals surface area contributed by atoms with Crippen LogP contribution in [0.4, 0.5) is 0 Å². The first-order chi connectivity index (χ1) is 25.3. The fraction of sp³-hybridized carbons (Fsp3) is 0.171. The fourth-order valence-electron chi connectivity index (χ4n) is 7.70. The van der Waals surface area contributed by atoms with Gasteiger partial charge in [-0.15, -0.1) is 22.7 Å². The number of carbonyl (C=O) groups is 4. The summed E-state index contributed by atoms with van der Waals surface area (Å²) in [5, 5.41) is 5.63. The lowest BCUT2D eigenvalue weighted by Crippen LogP contribution is -2.66. The Balaban J connectivity index is 0.869. The molecule has 0 saturated carbocycles. The van der Waals surface area contributed by atoms with Gasteiger partial charge in [0, 0.05) is 36.4 Å². The largest absolute Gasteiger partial charge is 0.352 e. The van der Waals surface area contributed by atoms with Crippen molar-refractivity contribution in [2.75, 3.05) is 20.1 Å². The highest BCUT2D eigenvalue weighted by Gasteiger charge is 2.46. The van der Waals surface area contributed by atoms with Gasteiger partial charge >= 0.3 is 0 Å². The number of nitrogens with zero attached hydrogens (tertiary/aromatic N) is 5. The molecule has 52 heavy (non-hydrogen) atoms. The van der Waals surface area contributed by atoms with Gasteiger partial charge in [0.25, 0.3) is 0 Å². The van der Waals surface area contributed by atoms with Crippen molar-refractivity contribution in [2.24, 2.45) is 0 Å². The predicted molar refractivity (Wildman–Crippen MR) is 202 cm³/mol. The first-order valence-electron chi connectivity index (χ1n) is 17.2. The number of fused-ring (bicyclic) bond motifs is 4. The smallest absolute Gasteiger partial charge is 0.221 e. The van der Waals surface area contributed by atoms with Crippen LogP contribution in [0, 0.1) is 0 Å². The van der Waals surface area contributed by atoms with Gasteiger partial charge in [0.1, 0.15) is 31.2 Å². The number of aromatic nitrogens is 2. The summed E-state index contributed by atoms with van der Waals surface area (Å²) in [6.45, 7) is 1.25. The third kappa shape index (κ3) is 4.77. The second-order valence-corrected chi connectivity index (χ2v) is 15.6. The summed E-state index contributed by atoms with van der Waals surface area (Å²) in [6, 6.07) is 28.2. The average Bonchev–Trinajstić information content (AvgIpc) is 3.79. The minimum atomic E-state index is -0.272. The number of carbonyl (C=O) groups excluding carboxylic acids is 4. The average molecular weight is 720 g/mol. The van der Waals surface area contributed by atoms with Crippen molar-refractivity contribution in [3.63, 3.8) is 0 Å². The van der Waals surface area contributed by atoms with E-state index in [-0.39, 0.29) is 46.9 Å². The summed E-state index contributed by atoms with van der Waals surface area (Å²) < 4.78 is 0. The van der Waals surface area contributed by atoms with Gasteiger partial charge < -0.3 is 9.80 Å². The molecule has 2 unspecified atom stereocenters. The quantitative estimate of drug-likeness (QED) is 0.174. The highest BCUT2D eigenvalue weighted by Crippen LogP contribution is 2.41. The molecule has 4 heterocycles. The maximum absolute atomic E-state index is 13.9. The summed E-state index contributed by atoms with van der Waals surface area (Å²) >= 11 is 2.52. The van der Waals surface area contributed by atoms with Gasteiger partial charge in [-0.3, -0.25) is 24.1 Å². The highest BCUT2D eigenvalue weighted by molar-refractivity contribution is 7.18. The van der Waals surface area contributed by atoms with Gasteiger partial charge in [-0.25, -0.2) is 9.97 Å². The zero-order valence-corrected chi connectivity index (χ0v) is 29.5. The van der Waals surface area contributed by atoms with Gasteiger partial charge in [-0.2, -0.15) is 0 Å². The molecule has 2 aliphatic heterocycles. The fourth-order valence-corrected chi connectivity index (χ4v) is 9.73. The normalized spacial score (nSPS) is 19.8. The summed E-state index contributed by atoms with van der Waals surface area (Å²) in [5.74, 6) is -0.936. The molecule has 4 aliphatic rings. The number of Topliss-reactive ketones (excluding diaryl/α,β-unsaturated/α-hetero) is 2. The van der Waals surface area contributed by atoms with Crippen LogP contribution in [-0.4, -0.2) is 80.3 Å². The summed E-state index contributed by atoms with van der Waals surface area (Å²) in [5.41, 5.74) is 2.89. The van der Waals surface area contributed by atoms with E-state index in [1.165, 1.54) is 34.8 Å². The number of thiazole rings is 2. The van der Waals surface area contributed by atoms with Crippen LogP contribution >= 0.6 is 22.7 Å². The molecule has 9 nitrogen and oxygen atoms in total. The Morgan fingerprint density at radius 1 is 0.596 bits per heavy atom. The van der Waals surface area contributed by atoms with Crippen molar-refractivity contribution in [3.05, 3.63) is 130 Å². The molecule has 0 amide bonds. The molecular formula is C41H29N5O4S2. The zero-order valence-electron chi connectivity index (χ0n) is 27.9. The summed E-state index contributed by atoms with van der Waals surface area (Å²) in [4.78, 5) is 70.7. The Labute approximate surface area is 306 Å². The van der Waals surface area contributed by atoms with E-state index in [0.717, 1.165) is 45.5 Å². The Morgan fingerprint density at radius 3 is 1.42 bits per heavy atom. The first kappa shape index (κ1) is 31.1. The molecule has 254 valence electrons. The molecule has 0 N–H and O–H groups in total. The Morgan fingerprint density at radius 2 is 1.02 bits per heavy atom. The molecule has 0 bridgehead atoms. The maximum Gasteiger partial charge on any atom is 0.221 e. The molecule has 10 rings (SSSR count). The van der Waals surface area contributed by atoms with E-state index in [1.807, 2.05) is 102 Å². The zero-order chi connectivity index (χ0) is 35.2. The Kier molecular flexibility index (Phi) is 7.01. The van der Waals surface area contributed by atoms with E-state index in [1.54, 1.807) is 0 Å². The van der Waals surface area contributed by atoms with Crippen LogP contribution in [0.5, 0.6) is 0 Å².